The minimum Gasteiger partial charge on any atom is -0.462 e. The van der Waals surface area contributed by atoms with E-state index in [1.54, 1.807) is 30.3 Å². The molecule has 0 N–H and O–H groups in total. The van der Waals surface area contributed by atoms with E-state index in [4.69, 9.17) is 14.2 Å². The molecule has 4 rings (SSSR count). The maximum absolute atomic E-state index is 14.0. The van der Waals surface area contributed by atoms with Crippen molar-refractivity contribution in [3.05, 3.63) is 129 Å². The SMILES string of the molecule is CC(C)CC(C(=O)OCCOC(=O)CCC(=O)Oc1c(Cc2ccccc2)c(=O)n(-c2ccccc2)c(=O)n1Cc1ccccc1)C(C)C. The Hall–Kier alpha value is -5.25. The Morgan fingerprint density at radius 1 is 0.694 bits per heavy atom. The molecule has 10 heteroatoms. The molecule has 0 saturated heterocycles. The third-order valence-electron chi connectivity index (χ3n) is 7.98. The fraction of sp³-hybridized carbons (Fsp3) is 0.359. The van der Waals surface area contributed by atoms with Crippen LogP contribution in [0.4, 0.5) is 0 Å². The van der Waals surface area contributed by atoms with Crippen LogP contribution in [0.15, 0.2) is 101 Å². The molecular weight excluding hydrogens is 624 g/mol. The van der Waals surface area contributed by atoms with Gasteiger partial charge in [0.1, 0.15) is 13.2 Å². The second-order valence-electron chi connectivity index (χ2n) is 12.6. The summed E-state index contributed by atoms with van der Waals surface area (Å²) in [5.41, 5.74) is 0.713. The van der Waals surface area contributed by atoms with Gasteiger partial charge in [0.2, 0.25) is 5.88 Å². The fourth-order valence-corrected chi connectivity index (χ4v) is 5.45. The summed E-state index contributed by atoms with van der Waals surface area (Å²) < 4.78 is 18.7. The molecule has 0 radical (unpaired) electrons. The molecule has 4 aromatic rings. The number of aromatic nitrogens is 2. The molecule has 1 heterocycles. The van der Waals surface area contributed by atoms with Gasteiger partial charge in [-0.25, -0.2) is 9.36 Å². The van der Waals surface area contributed by atoms with E-state index < -0.39 is 23.2 Å². The Morgan fingerprint density at radius 2 is 1.24 bits per heavy atom. The molecule has 1 aromatic heterocycles. The normalized spacial score (nSPS) is 11.7. The summed E-state index contributed by atoms with van der Waals surface area (Å²) in [6, 6.07) is 26.9. The first-order valence-electron chi connectivity index (χ1n) is 16.6. The van der Waals surface area contributed by atoms with Gasteiger partial charge in [-0.1, -0.05) is 107 Å². The van der Waals surface area contributed by atoms with Crippen LogP contribution in [-0.2, 0) is 36.8 Å². The smallest absolute Gasteiger partial charge is 0.338 e. The molecule has 1 unspecified atom stereocenters. The van der Waals surface area contributed by atoms with Crippen LogP contribution >= 0.6 is 0 Å². The number of para-hydroxylation sites is 1. The Labute approximate surface area is 286 Å². The second-order valence-corrected chi connectivity index (χ2v) is 12.6. The quantitative estimate of drug-likeness (QED) is 0.110. The van der Waals surface area contributed by atoms with Crippen molar-refractivity contribution in [2.24, 2.45) is 17.8 Å². The summed E-state index contributed by atoms with van der Waals surface area (Å²) in [6.07, 6.45) is 0.104. The number of hydrogen-bond donors (Lipinski definition) is 0. The monoisotopic (exact) mass is 668 g/mol. The van der Waals surface area contributed by atoms with Crippen LogP contribution in [0.5, 0.6) is 5.88 Å². The number of benzene rings is 3. The lowest BCUT2D eigenvalue weighted by Crippen LogP contribution is -2.42. The first kappa shape index (κ1) is 36.6. The highest BCUT2D eigenvalue weighted by Crippen LogP contribution is 2.23. The lowest BCUT2D eigenvalue weighted by Gasteiger charge is -2.21. The van der Waals surface area contributed by atoms with Crippen LogP contribution in [0.25, 0.3) is 5.69 Å². The zero-order valence-corrected chi connectivity index (χ0v) is 28.5. The van der Waals surface area contributed by atoms with Gasteiger partial charge in [-0.2, -0.15) is 0 Å². The van der Waals surface area contributed by atoms with Gasteiger partial charge in [0.05, 0.1) is 36.6 Å². The van der Waals surface area contributed by atoms with Gasteiger partial charge in [-0.15, -0.1) is 0 Å². The topological polar surface area (TPSA) is 123 Å². The minimum atomic E-state index is -0.816. The fourth-order valence-electron chi connectivity index (χ4n) is 5.45. The second kappa shape index (κ2) is 17.8. The predicted molar refractivity (Wildman–Crippen MR) is 186 cm³/mol. The van der Waals surface area contributed by atoms with E-state index in [1.165, 1.54) is 4.57 Å². The Morgan fingerprint density at radius 3 is 1.84 bits per heavy atom. The Balaban J connectivity index is 1.54. The zero-order valence-electron chi connectivity index (χ0n) is 28.5. The van der Waals surface area contributed by atoms with E-state index in [-0.39, 0.29) is 68.3 Å². The van der Waals surface area contributed by atoms with E-state index in [0.717, 1.165) is 15.7 Å². The van der Waals surface area contributed by atoms with Crippen molar-refractivity contribution < 1.29 is 28.6 Å². The molecule has 0 aliphatic carbocycles. The highest BCUT2D eigenvalue weighted by atomic mass is 16.6. The number of rotatable bonds is 16. The van der Waals surface area contributed by atoms with Crippen LogP contribution in [0.3, 0.4) is 0 Å². The highest BCUT2D eigenvalue weighted by Gasteiger charge is 2.26. The first-order chi connectivity index (χ1) is 23.5. The highest BCUT2D eigenvalue weighted by molar-refractivity contribution is 5.79. The molecule has 0 amide bonds. The molecular formula is C39H44N2O8. The molecule has 0 saturated carbocycles. The molecule has 0 spiro atoms. The Bertz CT molecular complexity index is 1740. The minimum absolute atomic E-state index is 0.0206. The lowest BCUT2D eigenvalue weighted by molar-refractivity contribution is -0.157. The van der Waals surface area contributed by atoms with Crippen LogP contribution in [0.1, 0.15) is 63.6 Å². The largest absolute Gasteiger partial charge is 0.462 e. The number of ether oxygens (including phenoxy) is 3. The van der Waals surface area contributed by atoms with Crippen molar-refractivity contribution in [1.29, 1.82) is 0 Å². The third-order valence-corrected chi connectivity index (χ3v) is 7.98. The Kier molecular flexibility index (Phi) is 13.3. The third kappa shape index (κ3) is 10.4. The van der Waals surface area contributed by atoms with E-state index >= 15 is 0 Å². The van der Waals surface area contributed by atoms with Crippen molar-refractivity contribution in [3.8, 4) is 11.6 Å². The average molecular weight is 669 g/mol. The van der Waals surface area contributed by atoms with Crippen LogP contribution in [0.2, 0.25) is 0 Å². The molecule has 10 nitrogen and oxygen atoms in total. The van der Waals surface area contributed by atoms with Crippen molar-refractivity contribution in [2.45, 2.75) is 59.9 Å². The number of esters is 3. The predicted octanol–water partition coefficient (Wildman–Crippen LogP) is 5.73. The van der Waals surface area contributed by atoms with Crippen molar-refractivity contribution in [2.75, 3.05) is 13.2 Å². The molecule has 0 aliphatic heterocycles. The van der Waals surface area contributed by atoms with Gasteiger partial charge in [0, 0.05) is 6.42 Å². The van der Waals surface area contributed by atoms with Crippen molar-refractivity contribution >= 4 is 17.9 Å². The van der Waals surface area contributed by atoms with Gasteiger partial charge in [-0.3, -0.25) is 23.7 Å². The molecule has 258 valence electrons. The summed E-state index contributed by atoms with van der Waals surface area (Å²) in [5.74, 6) is -1.80. The van der Waals surface area contributed by atoms with E-state index in [9.17, 15) is 24.0 Å². The first-order valence-corrected chi connectivity index (χ1v) is 16.6. The molecule has 3 aromatic carbocycles. The van der Waals surface area contributed by atoms with Crippen molar-refractivity contribution in [3.63, 3.8) is 0 Å². The molecule has 1 atom stereocenters. The molecule has 0 fully saturated rings. The summed E-state index contributed by atoms with van der Waals surface area (Å²) in [6.45, 7) is 7.79. The van der Waals surface area contributed by atoms with Crippen LogP contribution < -0.4 is 16.0 Å². The van der Waals surface area contributed by atoms with Gasteiger partial charge >= 0.3 is 23.6 Å². The van der Waals surface area contributed by atoms with Crippen LogP contribution in [-0.4, -0.2) is 40.3 Å². The van der Waals surface area contributed by atoms with Crippen molar-refractivity contribution in [1.82, 2.24) is 9.13 Å². The number of carbonyl (C=O) groups excluding carboxylic acids is 3. The molecule has 0 aliphatic rings. The standard InChI is InChI=1S/C39H44N2O8/c1-27(2)24-32(28(3)4)38(45)48-23-22-47-34(42)20-21-35(43)49-37-33(25-29-14-8-5-9-15-29)36(44)41(31-18-12-7-13-19-31)39(46)40(37)26-30-16-10-6-11-17-30/h5-19,27-28,32H,20-26H2,1-4H3. The van der Waals surface area contributed by atoms with E-state index in [1.807, 2.05) is 88.4 Å². The maximum atomic E-state index is 14.0. The summed E-state index contributed by atoms with van der Waals surface area (Å²) in [4.78, 5) is 66.3. The maximum Gasteiger partial charge on any atom is 0.338 e. The summed E-state index contributed by atoms with van der Waals surface area (Å²) >= 11 is 0. The number of nitrogens with zero attached hydrogens (tertiary/aromatic N) is 2. The summed E-state index contributed by atoms with van der Waals surface area (Å²) in [7, 11) is 0. The average Bonchev–Trinajstić information content (AvgIpc) is 3.09. The van der Waals surface area contributed by atoms with Gasteiger partial charge < -0.3 is 14.2 Å². The number of hydrogen-bond acceptors (Lipinski definition) is 8. The van der Waals surface area contributed by atoms with E-state index in [0.29, 0.717) is 18.0 Å². The zero-order chi connectivity index (χ0) is 35.3. The van der Waals surface area contributed by atoms with Crippen LogP contribution in [0, 0.1) is 17.8 Å². The lowest BCUT2D eigenvalue weighted by atomic mass is 9.88. The van der Waals surface area contributed by atoms with Gasteiger partial charge in [-0.05, 0) is 41.5 Å². The molecule has 0 bridgehead atoms. The molecule has 49 heavy (non-hydrogen) atoms. The van der Waals surface area contributed by atoms with Gasteiger partial charge in [0.15, 0.2) is 0 Å². The summed E-state index contributed by atoms with van der Waals surface area (Å²) in [5, 5.41) is 0. The number of carbonyl (C=O) groups is 3. The van der Waals surface area contributed by atoms with Gasteiger partial charge in [0.25, 0.3) is 5.56 Å². The van der Waals surface area contributed by atoms with E-state index in [2.05, 4.69) is 0 Å².